The molecule has 2 heterocycles. The molecule has 1 amide bonds. The molecule has 1 saturated heterocycles. The Morgan fingerprint density at radius 2 is 2.07 bits per heavy atom. The zero-order valence-electron chi connectivity index (χ0n) is 15.1. The smallest absolute Gasteiger partial charge is 0.305 e. The number of hydrogen-bond donors (Lipinski definition) is 2. The number of aromatic nitrogens is 1. The maximum atomic E-state index is 12.7. The number of rotatable bonds is 6. The maximum Gasteiger partial charge on any atom is 0.305 e. The molecule has 7 heteroatoms. The first kappa shape index (κ1) is 18.6. The van der Waals surface area contributed by atoms with Crippen molar-refractivity contribution >= 4 is 34.0 Å². The summed E-state index contributed by atoms with van der Waals surface area (Å²) in [7, 11) is 0. The SMILES string of the molecule is O=C(O)C[C@H](NC(=O)c1csc(C2CCCO2)n1)c1ccc2ccccc2c1. The van der Waals surface area contributed by atoms with Gasteiger partial charge in [-0.3, -0.25) is 9.59 Å². The lowest BCUT2D eigenvalue weighted by molar-refractivity contribution is -0.137. The Hall–Kier alpha value is -2.77. The zero-order valence-corrected chi connectivity index (χ0v) is 15.9. The highest BCUT2D eigenvalue weighted by atomic mass is 32.1. The largest absolute Gasteiger partial charge is 0.481 e. The number of carbonyl (C=O) groups excluding carboxylic acids is 1. The summed E-state index contributed by atoms with van der Waals surface area (Å²) in [6.07, 6.45) is 1.66. The number of ether oxygens (including phenoxy) is 1. The molecule has 4 rings (SSSR count). The Kier molecular flexibility index (Phi) is 5.36. The molecule has 1 fully saturated rings. The number of hydrogen-bond acceptors (Lipinski definition) is 5. The first-order valence-electron chi connectivity index (χ1n) is 9.18. The van der Waals surface area contributed by atoms with E-state index in [9.17, 15) is 14.7 Å². The third kappa shape index (κ3) is 4.05. The first-order valence-corrected chi connectivity index (χ1v) is 10.1. The standard InChI is InChI=1S/C21H20N2O4S/c24-19(25)11-16(15-8-7-13-4-1-2-5-14(13)10-15)22-20(26)17-12-28-21(23-17)18-6-3-9-27-18/h1-2,4-5,7-8,10,12,16,18H,3,6,9,11H2,(H,22,26)(H,24,25)/t16-,18?/m0/s1. The molecule has 0 saturated carbocycles. The van der Waals surface area contributed by atoms with Gasteiger partial charge in [0.05, 0.1) is 12.5 Å². The number of aliphatic carboxylic acids is 1. The van der Waals surface area contributed by atoms with Gasteiger partial charge in [-0.2, -0.15) is 0 Å². The van der Waals surface area contributed by atoms with Crippen molar-refractivity contribution in [3.63, 3.8) is 0 Å². The van der Waals surface area contributed by atoms with Crippen LogP contribution in [-0.4, -0.2) is 28.6 Å². The second-order valence-electron chi connectivity index (χ2n) is 6.80. The molecule has 1 aliphatic rings. The fraction of sp³-hybridized carbons (Fsp3) is 0.286. The fourth-order valence-electron chi connectivity index (χ4n) is 3.40. The summed E-state index contributed by atoms with van der Waals surface area (Å²) < 4.78 is 5.61. The van der Waals surface area contributed by atoms with Crippen molar-refractivity contribution in [1.82, 2.24) is 10.3 Å². The van der Waals surface area contributed by atoms with Crippen LogP contribution in [0.1, 0.15) is 52.5 Å². The van der Waals surface area contributed by atoms with Gasteiger partial charge in [0, 0.05) is 12.0 Å². The molecule has 6 nitrogen and oxygen atoms in total. The van der Waals surface area contributed by atoms with Crippen molar-refractivity contribution in [3.8, 4) is 0 Å². The van der Waals surface area contributed by atoms with Gasteiger partial charge in [0.15, 0.2) is 0 Å². The number of carboxylic acid groups (broad SMARTS) is 1. The number of nitrogens with zero attached hydrogens (tertiary/aromatic N) is 1. The summed E-state index contributed by atoms with van der Waals surface area (Å²) in [5, 5.41) is 16.7. The van der Waals surface area contributed by atoms with Gasteiger partial charge in [0.1, 0.15) is 16.8 Å². The quantitative estimate of drug-likeness (QED) is 0.655. The van der Waals surface area contributed by atoms with Crippen molar-refractivity contribution in [2.45, 2.75) is 31.4 Å². The zero-order chi connectivity index (χ0) is 19.5. The van der Waals surface area contributed by atoms with Gasteiger partial charge in [-0.15, -0.1) is 11.3 Å². The minimum Gasteiger partial charge on any atom is -0.481 e. The molecular formula is C21H20N2O4S. The number of carboxylic acids is 1. The molecule has 1 aliphatic heterocycles. The molecule has 144 valence electrons. The van der Waals surface area contributed by atoms with E-state index in [0.717, 1.165) is 34.2 Å². The van der Waals surface area contributed by atoms with E-state index in [2.05, 4.69) is 10.3 Å². The second kappa shape index (κ2) is 8.08. The van der Waals surface area contributed by atoms with Crippen LogP contribution < -0.4 is 5.32 Å². The van der Waals surface area contributed by atoms with E-state index >= 15 is 0 Å². The van der Waals surface area contributed by atoms with Crippen molar-refractivity contribution in [2.24, 2.45) is 0 Å². The molecule has 2 aromatic carbocycles. The number of carbonyl (C=O) groups is 2. The van der Waals surface area contributed by atoms with Crippen molar-refractivity contribution in [3.05, 3.63) is 64.1 Å². The van der Waals surface area contributed by atoms with E-state index in [4.69, 9.17) is 4.74 Å². The van der Waals surface area contributed by atoms with Gasteiger partial charge in [-0.25, -0.2) is 4.98 Å². The Labute approximate surface area is 166 Å². The van der Waals surface area contributed by atoms with Crippen molar-refractivity contribution in [2.75, 3.05) is 6.61 Å². The van der Waals surface area contributed by atoms with Crippen LogP contribution >= 0.6 is 11.3 Å². The minimum atomic E-state index is -0.975. The number of thiazole rings is 1. The van der Waals surface area contributed by atoms with E-state index in [1.54, 1.807) is 5.38 Å². The van der Waals surface area contributed by atoms with E-state index in [1.807, 2.05) is 42.5 Å². The summed E-state index contributed by atoms with van der Waals surface area (Å²) in [6, 6.07) is 12.9. The average molecular weight is 396 g/mol. The molecule has 0 aliphatic carbocycles. The monoisotopic (exact) mass is 396 g/mol. The molecule has 0 bridgehead atoms. The van der Waals surface area contributed by atoms with Crippen LogP contribution in [0.2, 0.25) is 0 Å². The van der Waals surface area contributed by atoms with Crippen LogP contribution in [-0.2, 0) is 9.53 Å². The van der Waals surface area contributed by atoms with Crippen LogP contribution in [0, 0.1) is 0 Å². The normalized spacial score (nSPS) is 17.5. The van der Waals surface area contributed by atoms with Crippen LogP contribution in [0.15, 0.2) is 47.8 Å². The molecule has 0 spiro atoms. The minimum absolute atomic E-state index is 0.0399. The molecule has 28 heavy (non-hydrogen) atoms. The van der Waals surface area contributed by atoms with E-state index in [1.165, 1.54) is 11.3 Å². The number of amides is 1. The molecule has 1 aromatic heterocycles. The Bertz CT molecular complexity index is 1010. The lowest BCUT2D eigenvalue weighted by Crippen LogP contribution is -2.30. The summed E-state index contributed by atoms with van der Waals surface area (Å²) in [5.41, 5.74) is 1.05. The molecule has 0 radical (unpaired) electrons. The summed E-state index contributed by atoms with van der Waals surface area (Å²) in [6.45, 7) is 0.717. The van der Waals surface area contributed by atoms with Gasteiger partial charge >= 0.3 is 5.97 Å². The van der Waals surface area contributed by atoms with Gasteiger partial charge < -0.3 is 15.2 Å². The van der Waals surface area contributed by atoms with Crippen LogP contribution in [0.25, 0.3) is 10.8 Å². The molecule has 2 N–H and O–H groups in total. The first-order chi connectivity index (χ1) is 13.6. The maximum absolute atomic E-state index is 12.7. The summed E-state index contributed by atoms with van der Waals surface area (Å²) in [4.78, 5) is 28.5. The number of fused-ring (bicyclic) bond motifs is 1. The molecule has 1 unspecified atom stereocenters. The Morgan fingerprint density at radius 1 is 1.25 bits per heavy atom. The van der Waals surface area contributed by atoms with Crippen LogP contribution in [0.4, 0.5) is 0 Å². The van der Waals surface area contributed by atoms with E-state index in [0.29, 0.717) is 12.3 Å². The highest BCUT2D eigenvalue weighted by Crippen LogP contribution is 2.31. The Morgan fingerprint density at radius 3 is 2.82 bits per heavy atom. The molecular weight excluding hydrogens is 376 g/mol. The van der Waals surface area contributed by atoms with Gasteiger partial charge in [-0.05, 0) is 35.2 Å². The van der Waals surface area contributed by atoms with Gasteiger partial charge in [0.2, 0.25) is 0 Å². The highest BCUT2D eigenvalue weighted by Gasteiger charge is 2.24. The van der Waals surface area contributed by atoms with Crippen LogP contribution in [0.5, 0.6) is 0 Å². The summed E-state index contributed by atoms with van der Waals surface area (Å²) in [5.74, 6) is -1.35. The van der Waals surface area contributed by atoms with Crippen LogP contribution in [0.3, 0.4) is 0 Å². The molecule has 3 aromatic rings. The van der Waals surface area contributed by atoms with E-state index < -0.39 is 12.0 Å². The topological polar surface area (TPSA) is 88.5 Å². The molecule has 2 atom stereocenters. The lowest BCUT2D eigenvalue weighted by Gasteiger charge is -2.17. The highest BCUT2D eigenvalue weighted by molar-refractivity contribution is 7.09. The third-order valence-electron chi connectivity index (χ3n) is 4.82. The van der Waals surface area contributed by atoms with Gasteiger partial charge in [-0.1, -0.05) is 36.4 Å². The number of benzene rings is 2. The predicted octanol–water partition coefficient (Wildman–Crippen LogP) is 4.09. The van der Waals surface area contributed by atoms with Crippen molar-refractivity contribution in [1.29, 1.82) is 0 Å². The predicted molar refractivity (Wildman–Crippen MR) is 106 cm³/mol. The lowest BCUT2D eigenvalue weighted by atomic mass is 9.99. The average Bonchev–Trinajstić information content (AvgIpc) is 3.38. The number of nitrogens with one attached hydrogen (secondary N) is 1. The van der Waals surface area contributed by atoms with E-state index in [-0.39, 0.29) is 18.4 Å². The van der Waals surface area contributed by atoms with Crippen molar-refractivity contribution < 1.29 is 19.4 Å². The Balaban J connectivity index is 1.55. The fourth-order valence-corrected chi connectivity index (χ4v) is 4.28. The third-order valence-corrected chi connectivity index (χ3v) is 5.76. The van der Waals surface area contributed by atoms with Gasteiger partial charge in [0.25, 0.3) is 5.91 Å². The summed E-state index contributed by atoms with van der Waals surface area (Å²) >= 11 is 1.40. The second-order valence-corrected chi connectivity index (χ2v) is 7.69.